The summed E-state index contributed by atoms with van der Waals surface area (Å²) in [6, 6.07) is 1.64. The molecule has 188 valence electrons. The summed E-state index contributed by atoms with van der Waals surface area (Å²) in [5.74, 6) is -2.38. The van der Waals surface area contributed by atoms with Gasteiger partial charge >= 0.3 is 12.1 Å². The molecule has 1 atom stereocenters. The fourth-order valence-electron chi connectivity index (χ4n) is 3.65. The second-order valence-corrected chi connectivity index (χ2v) is 8.34. The molecule has 0 aromatic carbocycles. The lowest BCUT2D eigenvalue weighted by molar-refractivity contribution is -0.249. The van der Waals surface area contributed by atoms with E-state index in [1.54, 1.807) is 11.0 Å². The molecule has 35 heavy (non-hydrogen) atoms. The van der Waals surface area contributed by atoms with Crippen LogP contribution in [0.5, 0.6) is 0 Å². The Morgan fingerprint density at radius 3 is 2.71 bits per heavy atom. The summed E-state index contributed by atoms with van der Waals surface area (Å²) in [7, 11) is 0. The molecule has 2 aromatic heterocycles. The number of hydrazone groups is 1. The van der Waals surface area contributed by atoms with Crippen LogP contribution in [-0.4, -0.2) is 73.3 Å². The minimum atomic E-state index is -5.25. The number of aromatic nitrogens is 4. The average Bonchev–Trinajstić information content (AvgIpc) is 3.37. The van der Waals surface area contributed by atoms with Crippen molar-refractivity contribution in [3.05, 3.63) is 28.9 Å². The van der Waals surface area contributed by atoms with Crippen molar-refractivity contribution in [1.29, 1.82) is 0 Å². The third-order valence-electron chi connectivity index (χ3n) is 5.17. The maximum atomic E-state index is 13.4. The third kappa shape index (κ3) is 5.16. The summed E-state index contributed by atoms with van der Waals surface area (Å²) in [5.41, 5.74) is 0.140. The molecule has 0 fully saturated rings. The summed E-state index contributed by atoms with van der Waals surface area (Å²) < 4.78 is 39.2. The van der Waals surface area contributed by atoms with Crippen LogP contribution in [0.2, 0.25) is 0 Å². The van der Waals surface area contributed by atoms with Crippen LogP contribution in [-0.2, 0) is 9.63 Å². The first-order valence-corrected chi connectivity index (χ1v) is 11.5. The smallest absolute Gasteiger partial charge is 0.354 e. The van der Waals surface area contributed by atoms with Crippen molar-refractivity contribution in [1.82, 2.24) is 30.0 Å². The van der Waals surface area contributed by atoms with Crippen LogP contribution in [0.4, 0.5) is 24.9 Å². The standard InChI is InChI=1S/C19H21BrF3N9O3/c1-2-3-4-10-30-13-12(27-16(20)28-13)14(33)31-11(6-9-26-17-24-7-5-8-25-17)29-32(18(30)31)35-15(34)19(21,22)23/h5,7-8,18H,2-4,6,9-10H2,1H3,(H,27,28)(H,24,25,26). The van der Waals surface area contributed by atoms with Crippen molar-refractivity contribution in [3.8, 4) is 0 Å². The minimum absolute atomic E-state index is 0.0913. The molecule has 1 unspecified atom stereocenters. The second kappa shape index (κ2) is 10.1. The Balaban J connectivity index is 1.64. The number of H-pyrrole nitrogens is 1. The van der Waals surface area contributed by atoms with Gasteiger partial charge in [0.1, 0.15) is 11.5 Å². The number of imidazole rings is 1. The number of anilines is 2. The number of alkyl halides is 3. The number of halogens is 4. The number of amidine groups is 1. The predicted octanol–water partition coefficient (Wildman–Crippen LogP) is 2.85. The van der Waals surface area contributed by atoms with Crippen LogP contribution in [0.15, 0.2) is 28.3 Å². The van der Waals surface area contributed by atoms with E-state index in [9.17, 15) is 22.8 Å². The topological polar surface area (TPSA) is 132 Å². The molecule has 4 rings (SSSR count). The first-order valence-electron chi connectivity index (χ1n) is 10.7. The monoisotopic (exact) mass is 559 g/mol. The second-order valence-electron chi connectivity index (χ2n) is 7.59. The Labute approximate surface area is 205 Å². The number of carbonyl (C=O) groups excluding carboxylic acids is 2. The van der Waals surface area contributed by atoms with Crippen molar-refractivity contribution in [2.75, 3.05) is 23.3 Å². The molecule has 0 bridgehead atoms. The Kier molecular flexibility index (Phi) is 7.09. The normalized spacial score (nSPS) is 17.3. The Morgan fingerprint density at radius 2 is 2.03 bits per heavy atom. The maximum absolute atomic E-state index is 13.4. The van der Waals surface area contributed by atoms with E-state index in [0.717, 1.165) is 12.8 Å². The van der Waals surface area contributed by atoms with Crippen LogP contribution >= 0.6 is 15.9 Å². The van der Waals surface area contributed by atoms with Crippen LogP contribution in [0.3, 0.4) is 0 Å². The highest BCUT2D eigenvalue weighted by Gasteiger charge is 2.52. The maximum Gasteiger partial charge on any atom is 0.493 e. The van der Waals surface area contributed by atoms with Gasteiger partial charge in [-0.1, -0.05) is 24.9 Å². The van der Waals surface area contributed by atoms with Crippen LogP contribution in [0, 0.1) is 0 Å². The number of nitrogens with one attached hydrogen (secondary N) is 2. The van der Waals surface area contributed by atoms with E-state index < -0.39 is 24.3 Å². The zero-order valence-electron chi connectivity index (χ0n) is 18.4. The molecule has 0 aliphatic carbocycles. The molecule has 2 aromatic rings. The van der Waals surface area contributed by atoms with Crippen molar-refractivity contribution in [2.24, 2.45) is 5.10 Å². The number of fused-ring (bicyclic) bond motifs is 2. The van der Waals surface area contributed by atoms with E-state index in [1.807, 2.05) is 6.92 Å². The van der Waals surface area contributed by atoms with Gasteiger partial charge in [-0.2, -0.15) is 13.2 Å². The average molecular weight is 560 g/mol. The zero-order chi connectivity index (χ0) is 25.2. The molecule has 2 aliphatic rings. The van der Waals surface area contributed by atoms with Crippen molar-refractivity contribution in [2.45, 2.75) is 45.1 Å². The van der Waals surface area contributed by atoms with Crippen LogP contribution in [0.25, 0.3) is 0 Å². The Morgan fingerprint density at radius 1 is 1.29 bits per heavy atom. The third-order valence-corrected chi connectivity index (χ3v) is 5.54. The SMILES string of the molecule is CCCCCN1c2nc(Br)[nH]c2C(=O)N2C(CCNc3ncccn3)=NN(OC(=O)C(F)(F)F)C21. The summed E-state index contributed by atoms with van der Waals surface area (Å²) in [5, 5.41) is 7.53. The number of nitrogens with zero attached hydrogens (tertiary/aromatic N) is 7. The number of carbonyl (C=O) groups is 2. The van der Waals surface area contributed by atoms with E-state index in [2.05, 4.69) is 51.1 Å². The fraction of sp³-hybridized carbons (Fsp3) is 0.474. The summed E-state index contributed by atoms with van der Waals surface area (Å²) in [4.78, 5) is 47.6. The molecule has 4 heterocycles. The van der Waals surface area contributed by atoms with Gasteiger partial charge in [-0.05, 0) is 28.4 Å². The fourth-order valence-corrected chi connectivity index (χ4v) is 4.02. The molecular weight excluding hydrogens is 539 g/mol. The Hall–Kier alpha value is -3.43. The lowest BCUT2D eigenvalue weighted by atomic mass is 10.2. The highest BCUT2D eigenvalue weighted by Crippen LogP contribution is 2.36. The first-order chi connectivity index (χ1) is 16.7. The molecule has 0 spiro atoms. The number of hydroxylamine groups is 1. The van der Waals surface area contributed by atoms with E-state index in [1.165, 1.54) is 17.3 Å². The Bertz CT molecular complexity index is 1110. The minimum Gasteiger partial charge on any atom is -0.354 e. The highest BCUT2D eigenvalue weighted by molar-refractivity contribution is 9.10. The number of hydrogen-bond donors (Lipinski definition) is 2. The zero-order valence-corrected chi connectivity index (χ0v) is 20.0. The van der Waals surface area contributed by atoms with Gasteiger partial charge in [0.2, 0.25) is 12.2 Å². The number of rotatable bonds is 9. The first kappa shape index (κ1) is 24.7. The molecule has 2 N–H and O–H groups in total. The molecule has 0 saturated heterocycles. The van der Waals surface area contributed by atoms with Gasteiger partial charge in [-0.25, -0.2) is 24.6 Å². The summed E-state index contributed by atoms with van der Waals surface area (Å²) in [6.07, 6.45) is -0.975. The largest absolute Gasteiger partial charge is 0.493 e. The van der Waals surface area contributed by atoms with E-state index >= 15 is 0 Å². The molecular formula is C19H21BrF3N9O3. The van der Waals surface area contributed by atoms with Crippen molar-refractivity contribution >= 4 is 45.4 Å². The van der Waals surface area contributed by atoms with Gasteiger partial charge in [0, 0.05) is 31.9 Å². The van der Waals surface area contributed by atoms with Gasteiger partial charge in [0.15, 0.2) is 10.6 Å². The number of aromatic amines is 1. The van der Waals surface area contributed by atoms with Gasteiger partial charge in [-0.3, -0.25) is 4.79 Å². The lowest BCUT2D eigenvalue weighted by Crippen LogP contribution is -2.60. The van der Waals surface area contributed by atoms with Crippen molar-refractivity contribution in [3.63, 3.8) is 0 Å². The van der Waals surface area contributed by atoms with Gasteiger partial charge in [-0.15, -0.1) is 5.10 Å². The van der Waals surface area contributed by atoms with Crippen molar-refractivity contribution < 1.29 is 27.6 Å². The van der Waals surface area contributed by atoms with E-state index in [-0.39, 0.29) is 35.0 Å². The quantitative estimate of drug-likeness (QED) is 0.445. The molecule has 2 aliphatic heterocycles. The predicted molar refractivity (Wildman–Crippen MR) is 120 cm³/mol. The number of unbranched alkanes of at least 4 members (excludes halogenated alkanes) is 2. The van der Waals surface area contributed by atoms with Gasteiger partial charge in [0.05, 0.1) is 0 Å². The molecule has 16 heteroatoms. The summed E-state index contributed by atoms with van der Waals surface area (Å²) in [6.45, 7) is 2.53. The van der Waals surface area contributed by atoms with E-state index in [0.29, 0.717) is 24.1 Å². The molecule has 12 nitrogen and oxygen atoms in total. The van der Waals surface area contributed by atoms with Gasteiger partial charge < -0.3 is 20.0 Å². The van der Waals surface area contributed by atoms with E-state index in [4.69, 9.17) is 0 Å². The highest BCUT2D eigenvalue weighted by atomic mass is 79.9. The number of amides is 1. The van der Waals surface area contributed by atoms with Crippen LogP contribution < -0.4 is 10.2 Å². The lowest BCUT2D eigenvalue weighted by Gasteiger charge is -2.40. The molecule has 0 radical (unpaired) electrons. The summed E-state index contributed by atoms with van der Waals surface area (Å²) >= 11 is 3.21. The molecule has 1 amide bonds. The number of hydrogen-bond acceptors (Lipinski definition) is 10. The molecule has 0 saturated carbocycles. The van der Waals surface area contributed by atoms with Crippen LogP contribution in [0.1, 0.15) is 43.1 Å². The van der Waals surface area contributed by atoms with Gasteiger partial charge in [0.25, 0.3) is 5.91 Å².